The van der Waals surface area contributed by atoms with Crippen molar-refractivity contribution in [3.63, 3.8) is 0 Å². The molecule has 8 aliphatic carbocycles. The summed E-state index contributed by atoms with van der Waals surface area (Å²) in [5, 5.41) is 2.24. The normalized spacial score (nSPS) is 21.6. The molecule has 7 atom stereocenters. The first-order chi connectivity index (χ1) is 69.3. The molecule has 2 saturated carbocycles. The number of likely N-dealkylation sites (tertiary alicyclic amines) is 4. The fourth-order valence-electron chi connectivity index (χ4n) is 25.5. The van der Waals surface area contributed by atoms with Crippen molar-refractivity contribution < 1.29 is 38.4 Å². The van der Waals surface area contributed by atoms with Gasteiger partial charge in [0.1, 0.15) is 11.6 Å². The molecule has 0 radical (unpaired) electrons. The number of allylic oxidation sites excluding steroid dienone is 1. The fourth-order valence-corrected chi connectivity index (χ4v) is 31.2. The van der Waals surface area contributed by atoms with E-state index in [0.29, 0.717) is 113 Å². The van der Waals surface area contributed by atoms with E-state index in [4.69, 9.17) is 54.7 Å². The standard InChI is InChI=1S/2C31H29Br2ClN2O2.C28H32Br2N2O2.C27H27Br2ClN2O2/c2*1-17-2-5-25-21(10-17)11-22(31(25)38)14-27(37)36-8-6-18(7-9-36)29-28-19(13-24(34)15-26(28)33)3-4-20-12-23(32)16-35-30(20)29;1-17-12-20-6-7-21-14-22(29)16-31-28(21)27(26(20)23(30)13-17)18-8-10-32(11-9-18)25(34)15-19-4-2-3-5-24(19)33;28-20-12-19-4-3-18-13-21(30)14-23(29)25(18)26(27(19)31-15-20)17-7-9-32(10-8-17)24(34)11-16-1-5-22(33)6-2-16/h2*2,5,10,12-13,15-16,18,22,29H,3-4,6-9,11,14H2,1H3;12-14,16,18-19,27H,2-11,15H2,1H3;11-15,17,26H,1-10H2/t2*22?,29-;19?,27-;26-/m1111/s1. The first-order valence-electron chi connectivity index (χ1n) is 51.3. The molecule has 4 amide bonds. The maximum Gasteiger partial charge on any atom is 0.246 e. The van der Waals surface area contributed by atoms with Gasteiger partial charge in [-0.1, -0.05) is 164 Å². The molecule has 144 heavy (non-hydrogen) atoms. The molecule has 0 spiro atoms. The number of hydrogen-bond donors (Lipinski definition) is 0. The topological polar surface area (TPSA) is 201 Å². The molecule has 750 valence electrons. The van der Waals surface area contributed by atoms with E-state index in [1.807, 2.05) is 101 Å². The van der Waals surface area contributed by atoms with Gasteiger partial charge in [-0.15, -0.1) is 0 Å². The number of nitrogens with zero attached hydrogens (tertiary/aromatic N) is 8. The van der Waals surface area contributed by atoms with Gasteiger partial charge < -0.3 is 19.6 Å². The van der Waals surface area contributed by atoms with Crippen LogP contribution in [0.1, 0.15) is 284 Å². The summed E-state index contributed by atoms with van der Waals surface area (Å²) < 4.78 is 8.34. The second-order valence-electron chi connectivity index (χ2n) is 41.9. The van der Waals surface area contributed by atoms with E-state index in [9.17, 15) is 38.4 Å². The quantitative estimate of drug-likeness (QED) is 0.111. The first-order valence-corrected chi connectivity index (χ1v) is 58.8. The Kier molecular flexibility index (Phi) is 34.0. The van der Waals surface area contributed by atoms with Crippen LogP contribution in [0.25, 0.3) is 0 Å². The molecule has 4 aliphatic heterocycles. The Morgan fingerprint density at radius 1 is 0.326 bits per heavy atom. The third-order valence-electron chi connectivity index (χ3n) is 32.7. The number of aryl methyl sites for hydroxylation is 11. The molecular formula is C117H117Br8Cl3N8O8. The highest BCUT2D eigenvalue weighted by molar-refractivity contribution is 9.11. The lowest BCUT2D eigenvalue weighted by Gasteiger charge is -2.37. The zero-order valence-electron chi connectivity index (χ0n) is 81.3. The Balaban J connectivity index is 0.000000122. The van der Waals surface area contributed by atoms with Crippen LogP contribution in [0.15, 0.2) is 181 Å². The second-order valence-corrected chi connectivity index (χ2v) is 50.3. The van der Waals surface area contributed by atoms with Crippen LogP contribution in [-0.2, 0) is 93.0 Å². The van der Waals surface area contributed by atoms with Crippen molar-refractivity contribution >= 4 is 209 Å². The van der Waals surface area contributed by atoms with Gasteiger partial charge in [-0.25, -0.2) is 0 Å². The third-order valence-corrected chi connectivity index (χ3v) is 37.7. The summed E-state index contributed by atoms with van der Waals surface area (Å²) in [7, 11) is 0. The summed E-state index contributed by atoms with van der Waals surface area (Å²) in [6.07, 6.45) is 32.9. The number of hydrogen-bond acceptors (Lipinski definition) is 12. The van der Waals surface area contributed by atoms with Gasteiger partial charge in [0.25, 0.3) is 0 Å². The van der Waals surface area contributed by atoms with E-state index in [0.717, 1.165) is 263 Å². The van der Waals surface area contributed by atoms with Crippen LogP contribution < -0.4 is 0 Å². The number of piperidine rings is 4. The molecule has 8 heterocycles. The van der Waals surface area contributed by atoms with E-state index >= 15 is 0 Å². The number of pyridine rings is 4. The van der Waals surface area contributed by atoms with Crippen LogP contribution in [0.4, 0.5) is 0 Å². The summed E-state index contributed by atoms with van der Waals surface area (Å²) in [5.41, 5.74) is 28.8. The zero-order valence-corrected chi connectivity index (χ0v) is 96.2. The van der Waals surface area contributed by atoms with Gasteiger partial charge >= 0.3 is 0 Å². The van der Waals surface area contributed by atoms with Gasteiger partial charge in [0.2, 0.25) is 23.6 Å². The van der Waals surface area contributed by atoms with E-state index in [2.05, 4.69) is 201 Å². The van der Waals surface area contributed by atoms with Gasteiger partial charge in [-0.05, 0) is 400 Å². The Bertz CT molecular complexity index is 6530. The van der Waals surface area contributed by atoms with Crippen molar-refractivity contribution in [3.8, 4) is 0 Å². The molecule has 10 aromatic rings. The van der Waals surface area contributed by atoms with Crippen molar-refractivity contribution in [1.82, 2.24) is 39.5 Å². The number of ketones is 4. The highest BCUT2D eigenvalue weighted by Crippen LogP contribution is 2.53. The molecule has 6 aromatic carbocycles. The number of carbonyl (C=O) groups excluding carboxylic acids is 8. The summed E-state index contributed by atoms with van der Waals surface area (Å²) in [6, 6.07) is 37.7. The SMILES string of the molecule is Cc1cc(Br)c2c(c1)CCc1cc(Br)cnc1[C@@H]2C1CCN(C(=O)CC2CCCCC2=O)CC1.Cc1ccc2c(c1)CC(CC(=O)N1CCC([C@H]3c4ncc(Br)cc4CCc4cc(Cl)cc(Br)c43)CC1)C2=O.Cc1ccc2c(c1)CC(CC(=O)N1CCC([C@H]3c4ncc(Br)cc4CCc4cc(Cl)cc(Br)c43)CC1)C2=O.O=C1CCC(=CC(=O)N2CCC([C@H]3c4ncc(Br)cc4CCc4cc(Cl)cc(Br)c43)CC2)CC1. The van der Waals surface area contributed by atoms with Crippen LogP contribution >= 0.6 is 162 Å². The molecule has 4 aromatic heterocycles. The largest absolute Gasteiger partial charge is 0.343 e. The van der Waals surface area contributed by atoms with Crippen LogP contribution in [0.2, 0.25) is 15.1 Å². The zero-order chi connectivity index (χ0) is 101. The van der Waals surface area contributed by atoms with Gasteiger partial charge in [0.05, 0.1) is 22.8 Å². The van der Waals surface area contributed by atoms with Crippen LogP contribution in [0.5, 0.6) is 0 Å². The van der Waals surface area contributed by atoms with E-state index in [-0.39, 0.29) is 76.6 Å². The average Bonchev–Trinajstić information content (AvgIpc) is 1.38. The lowest BCUT2D eigenvalue weighted by molar-refractivity contribution is -0.137. The maximum atomic E-state index is 13.3. The van der Waals surface area contributed by atoms with E-state index in [1.54, 1.807) is 6.08 Å². The number of rotatable bonds is 11. The molecule has 12 aliphatic rings. The van der Waals surface area contributed by atoms with Crippen LogP contribution in [-0.4, -0.2) is 139 Å². The van der Waals surface area contributed by atoms with Gasteiger partial charge in [-0.2, -0.15) is 0 Å². The smallest absolute Gasteiger partial charge is 0.246 e. The number of carbonyl (C=O) groups is 8. The predicted molar refractivity (Wildman–Crippen MR) is 596 cm³/mol. The number of Topliss-reactive ketones (excluding diaryl/α,β-unsaturated/α-hetero) is 4. The summed E-state index contributed by atoms with van der Waals surface area (Å²) in [5.74, 6) is 3.03. The molecule has 6 fully saturated rings. The lowest BCUT2D eigenvalue weighted by Crippen LogP contribution is -2.41. The highest BCUT2D eigenvalue weighted by Gasteiger charge is 2.45. The van der Waals surface area contributed by atoms with Crippen LogP contribution in [0.3, 0.4) is 0 Å². The number of benzene rings is 6. The Labute approximate surface area is 927 Å². The Hall–Kier alpha value is -7.07. The minimum Gasteiger partial charge on any atom is -0.343 e. The maximum absolute atomic E-state index is 13.3. The van der Waals surface area contributed by atoms with Gasteiger partial charge in [0, 0.05) is 225 Å². The van der Waals surface area contributed by atoms with E-state index < -0.39 is 0 Å². The molecular weight excluding hydrogens is 2390 g/mol. The molecule has 3 unspecified atom stereocenters. The lowest BCUT2D eigenvalue weighted by atomic mass is 9.76. The second kappa shape index (κ2) is 46.4. The summed E-state index contributed by atoms with van der Waals surface area (Å²) in [4.78, 5) is 130. The average molecular weight is 2510 g/mol. The Morgan fingerprint density at radius 3 is 0.972 bits per heavy atom. The molecule has 16 nitrogen and oxygen atoms in total. The van der Waals surface area contributed by atoms with Crippen molar-refractivity contribution in [1.29, 1.82) is 0 Å². The fraction of sp³-hybridized carbons (Fsp3) is 0.436. The van der Waals surface area contributed by atoms with E-state index in [1.165, 1.54) is 82.5 Å². The number of amides is 4. The van der Waals surface area contributed by atoms with Crippen molar-refractivity contribution in [2.75, 3.05) is 52.4 Å². The van der Waals surface area contributed by atoms with Crippen molar-refractivity contribution in [3.05, 3.63) is 325 Å². The molecule has 0 bridgehead atoms. The molecule has 22 rings (SSSR count). The molecule has 4 saturated heterocycles. The minimum atomic E-state index is -0.235. The molecule has 0 N–H and O–H groups in total. The monoisotopic (exact) mass is 2500 g/mol. The van der Waals surface area contributed by atoms with Crippen molar-refractivity contribution in [2.24, 2.45) is 41.4 Å². The number of aromatic nitrogens is 4. The minimum absolute atomic E-state index is 0.0542. The van der Waals surface area contributed by atoms with Gasteiger partial charge in [0.15, 0.2) is 11.6 Å². The van der Waals surface area contributed by atoms with Gasteiger partial charge in [-0.3, -0.25) is 58.3 Å². The number of halogens is 11. The number of fused-ring (bicyclic) bond motifs is 10. The molecule has 27 heteroatoms. The highest BCUT2D eigenvalue weighted by atomic mass is 79.9. The summed E-state index contributed by atoms with van der Waals surface area (Å²) in [6.45, 7) is 12.1. The summed E-state index contributed by atoms with van der Waals surface area (Å²) >= 11 is 49.2. The third kappa shape index (κ3) is 23.6. The van der Waals surface area contributed by atoms with Crippen LogP contribution in [0, 0.1) is 62.2 Å². The predicted octanol–water partition coefficient (Wildman–Crippen LogP) is 28.3. The first kappa shape index (κ1) is 105. The Morgan fingerprint density at radius 2 is 0.632 bits per heavy atom. The van der Waals surface area contributed by atoms with Crippen molar-refractivity contribution in [2.45, 2.75) is 231 Å².